The van der Waals surface area contributed by atoms with Crippen molar-refractivity contribution < 1.29 is 0 Å². The lowest BCUT2D eigenvalue weighted by molar-refractivity contribution is 0.715. The second kappa shape index (κ2) is 5.52. The SMILES string of the molecule is CCn1c(C)cc(CNc2cccc(C)c2C)c1C. The van der Waals surface area contributed by atoms with Gasteiger partial charge >= 0.3 is 0 Å². The molecule has 0 aliphatic rings. The van der Waals surface area contributed by atoms with Gasteiger partial charge in [-0.3, -0.25) is 0 Å². The van der Waals surface area contributed by atoms with Crippen LogP contribution in [0.4, 0.5) is 5.69 Å². The number of hydrogen-bond donors (Lipinski definition) is 1. The van der Waals surface area contributed by atoms with Crippen LogP contribution in [-0.2, 0) is 13.1 Å². The number of benzene rings is 1. The predicted molar refractivity (Wildman–Crippen MR) is 82.8 cm³/mol. The van der Waals surface area contributed by atoms with Gasteiger partial charge in [0.1, 0.15) is 0 Å². The van der Waals surface area contributed by atoms with Crippen LogP contribution in [0.5, 0.6) is 0 Å². The second-order valence-electron chi connectivity index (χ2n) is 5.24. The van der Waals surface area contributed by atoms with E-state index in [1.54, 1.807) is 0 Å². The Kier molecular flexibility index (Phi) is 3.98. The van der Waals surface area contributed by atoms with Gasteiger partial charge in [-0.15, -0.1) is 0 Å². The maximum Gasteiger partial charge on any atom is 0.0418 e. The summed E-state index contributed by atoms with van der Waals surface area (Å²) in [5.41, 5.74) is 8.02. The Labute approximate surface area is 116 Å². The quantitative estimate of drug-likeness (QED) is 0.860. The van der Waals surface area contributed by atoms with Gasteiger partial charge in [0.15, 0.2) is 0 Å². The van der Waals surface area contributed by atoms with Gasteiger partial charge in [0.05, 0.1) is 0 Å². The molecular formula is C17H24N2. The standard InChI is InChI=1S/C17H24N2/c1-6-19-13(3)10-16(15(19)5)11-18-17-9-7-8-12(2)14(17)4/h7-10,18H,6,11H2,1-5H3. The summed E-state index contributed by atoms with van der Waals surface area (Å²) < 4.78 is 2.36. The molecule has 0 unspecified atom stereocenters. The van der Waals surface area contributed by atoms with Crippen molar-refractivity contribution in [3.05, 3.63) is 52.3 Å². The average molecular weight is 256 g/mol. The van der Waals surface area contributed by atoms with Crippen LogP contribution < -0.4 is 5.32 Å². The van der Waals surface area contributed by atoms with Crippen LogP contribution in [-0.4, -0.2) is 4.57 Å². The first kappa shape index (κ1) is 13.7. The number of hydrogen-bond acceptors (Lipinski definition) is 1. The second-order valence-corrected chi connectivity index (χ2v) is 5.24. The van der Waals surface area contributed by atoms with Crippen molar-refractivity contribution in [1.82, 2.24) is 4.57 Å². The summed E-state index contributed by atoms with van der Waals surface area (Å²) in [5.74, 6) is 0. The number of aryl methyl sites for hydroxylation is 2. The van der Waals surface area contributed by atoms with Crippen molar-refractivity contribution in [3.63, 3.8) is 0 Å². The van der Waals surface area contributed by atoms with Gasteiger partial charge in [0.25, 0.3) is 0 Å². The molecule has 0 atom stereocenters. The van der Waals surface area contributed by atoms with E-state index in [1.165, 1.54) is 33.8 Å². The summed E-state index contributed by atoms with van der Waals surface area (Å²) in [5, 5.41) is 3.56. The Balaban J connectivity index is 2.17. The van der Waals surface area contributed by atoms with Crippen molar-refractivity contribution in [3.8, 4) is 0 Å². The van der Waals surface area contributed by atoms with Gasteiger partial charge in [-0.2, -0.15) is 0 Å². The molecule has 19 heavy (non-hydrogen) atoms. The first-order valence-corrected chi connectivity index (χ1v) is 7.00. The highest BCUT2D eigenvalue weighted by atomic mass is 15.0. The summed E-state index contributed by atoms with van der Waals surface area (Å²) >= 11 is 0. The lowest BCUT2D eigenvalue weighted by Gasteiger charge is -2.12. The Hall–Kier alpha value is -1.70. The molecule has 0 amide bonds. The molecule has 0 saturated carbocycles. The molecule has 0 radical (unpaired) electrons. The molecule has 2 aromatic rings. The highest BCUT2D eigenvalue weighted by Crippen LogP contribution is 2.21. The third-order valence-corrected chi connectivity index (χ3v) is 4.07. The number of anilines is 1. The number of aromatic nitrogens is 1. The molecule has 1 aromatic heterocycles. The van der Waals surface area contributed by atoms with Crippen LogP contribution >= 0.6 is 0 Å². The van der Waals surface area contributed by atoms with Gasteiger partial charge < -0.3 is 9.88 Å². The fraction of sp³-hybridized carbons (Fsp3) is 0.412. The lowest BCUT2D eigenvalue weighted by Crippen LogP contribution is -2.04. The molecule has 1 aromatic carbocycles. The summed E-state index contributed by atoms with van der Waals surface area (Å²) in [4.78, 5) is 0. The van der Waals surface area contributed by atoms with Gasteiger partial charge in [0, 0.05) is 30.2 Å². The summed E-state index contributed by atoms with van der Waals surface area (Å²) in [6, 6.07) is 8.71. The van der Waals surface area contributed by atoms with Gasteiger partial charge in [0.2, 0.25) is 0 Å². The maximum absolute atomic E-state index is 3.56. The highest BCUT2D eigenvalue weighted by Gasteiger charge is 2.08. The molecular weight excluding hydrogens is 232 g/mol. The van der Waals surface area contributed by atoms with E-state index >= 15 is 0 Å². The Bertz CT molecular complexity index is 579. The van der Waals surface area contributed by atoms with E-state index in [-0.39, 0.29) is 0 Å². The zero-order chi connectivity index (χ0) is 14.0. The normalized spacial score (nSPS) is 10.8. The van der Waals surface area contributed by atoms with Crippen molar-refractivity contribution >= 4 is 5.69 Å². The molecule has 1 heterocycles. The van der Waals surface area contributed by atoms with E-state index in [1.807, 2.05) is 0 Å². The zero-order valence-electron chi connectivity index (χ0n) is 12.7. The van der Waals surface area contributed by atoms with Crippen molar-refractivity contribution in [2.45, 2.75) is 47.7 Å². The molecule has 0 saturated heterocycles. The minimum Gasteiger partial charge on any atom is -0.381 e. The van der Waals surface area contributed by atoms with Crippen LogP contribution in [0.15, 0.2) is 24.3 Å². The predicted octanol–water partition coefficient (Wildman–Crippen LogP) is 4.35. The van der Waals surface area contributed by atoms with E-state index in [2.05, 4.69) is 68.8 Å². The average Bonchev–Trinajstić information content (AvgIpc) is 2.66. The largest absolute Gasteiger partial charge is 0.381 e. The number of nitrogens with zero attached hydrogens (tertiary/aromatic N) is 1. The molecule has 0 spiro atoms. The first-order chi connectivity index (χ1) is 9.04. The lowest BCUT2D eigenvalue weighted by atomic mass is 10.1. The van der Waals surface area contributed by atoms with Crippen LogP contribution in [0.25, 0.3) is 0 Å². The van der Waals surface area contributed by atoms with Crippen molar-refractivity contribution in [2.24, 2.45) is 0 Å². The van der Waals surface area contributed by atoms with E-state index in [0.29, 0.717) is 0 Å². The van der Waals surface area contributed by atoms with E-state index < -0.39 is 0 Å². The van der Waals surface area contributed by atoms with Crippen LogP contribution in [0.2, 0.25) is 0 Å². The Morgan fingerprint density at radius 2 is 1.84 bits per heavy atom. The fourth-order valence-electron chi connectivity index (χ4n) is 2.67. The molecule has 1 N–H and O–H groups in total. The number of rotatable bonds is 4. The van der Waals surface area contributed by atoms with Gasteiger partial charge in [-0.05, 0) is 63.4 Å². The van der Waals surface area contributed by atoms with Crippen LogP contribution in [0.3, 0.4) is 0 Å². The third-order valence-electron chi connectivity index (χ3n) is 4.07. The minimum absolute atomic E-state index is 0.893. The Morgan fingerprint density at radius 3 is 2.47 bits per heavy atom. The smallest absolute Gasteiger partial charge is 0.0418 e. The molecule has 0 bridgehead atoms. The topological polar surface area (TPSA) is 17.0 Å². The van der Waals surface area contributed by atoms with Crippen molar-refractivity contribution in [2.75, 3.05) is 5.32 Å². The van der Waals surface area contributed by atoms with E-state index in [4.69, 9.17) is 0 Å². The summed E-state index contributed by atoms with van der Waals surface area (Å²) in [6.07, 6.45) is 0. The molecule has 0 aliphatic heterocycles. The fourth-order valence-corrected chi connectivity index (χ4v) is 2.67. The van der Waals surface area contributed by atoms with Crippen LogP contribution in [0, 0.1) is 27.7 Å². The van der Waals surface area contributed by atoms with Crippen molar-refractivity contribution in [1.29, 1.82) is 0 Å². The highest BCUT2D eigenvalue weighted by molar-refractivity contribution is 5.54. The zero-order valence-corrected chi connectivity index (χ0v) is 12.7. The van der Waals surface area contributed by atoms with Gasteiger partial charge in [-0.25, -0.2) is 0 Å². The Morgan fingerprint density at radius 1 is 1.11 bits per heavy atom. The van der Waals surface area contributed by atoms with Crippen LogP contribution in [0.1, 0.15) is 35.0 Å². The molecule has 2 nitrogen and oxygen atoms in total. The monoisotopic (exact) mass is 256 g/mol. The summed E-state index contributed by atoms with van der Waals surface area (Å²) in [6.45, 7) is 12.8. The van der Waals surface area contributed by atoms with E-state index in [0.717, 1.165) is 13.1 Å². The van der Waals surface area contributed by atoms with E-state index in [9.17, 15) is 0 Å². The summed E-state index contributed by atoms with van der Waals surface area (Å²) in [7, 11) is 0. The first-order valence-electron chi connectivity index (χ1n) is 7.00. The molecule has 2 heteroatoms. The van der Waals surface area contributed by atoms with Gasteiger partial charge in [-0.1, -0.05) is 12.1 Å². The molecule has 2 rings (SSSR count). The molecule has 0 fully saturated rings. The minimum atomic E-state index is 0.893. The molecule has 102 valence electrons. The maximum atomic E-state index is 3.56. The third kappa shape index (κ3) is 2.67. The molecule has 0 aliphatic carbocycles. The number of nitrogens with one attached hydrogen (secondary N) is 1.